The van der Waals surface area contributed by atoms with Crippen molar-refractivity contribution in [2.45, 2.75) is 32.1 Å². The van der Waals surface area contributed by atoms with Crippen LogP contribution in [0.15, 0.2) is 9.59 Å². The smallest absolute Gasteiger partial charge is 0.328 e. The molecule has 0 amide bonds. The van der Waals surface area contributed by atoms with Gasteiger partial charge in [0.05, 0.1) is 5.52 Å². The molecule has 0 saturated carbocycles. The number of nitrogens with zero attached hydrogens (tertiary/aromatic N) is 2. The molecule has 0 aromatic carbocycles. The van der Waals surface area contributed by atoms with Crippen molar-refractivity contribution >= 4 is 36.3 Å². The number of H-pyrrole nitrogens is 1. The van der Waals surface area contributed by atoms with Crippen LogP contribution in [0.3, 0.4) is 0 Å². The summed E-state index contributed by atoms with van der Waals surface area (Å²) in [5.74, 6) is 0.611. The molecule has 0 saturated heterocycles. The molecule has 5 nitrogen and oxygen atoms in total. The van der Waals surface area contributed by atoms with Crippen LogP contribution in [0.1, 0.15) is 17.7 Å². The van der Waals surface area contributed by atoms with Gasteiger partial charge in [-0.3, -0.25) is 9.36 Å². The van der Waals surface area contributed by atoms with Crippen molar-refractivity contribution in [2.24, 2.45) is 7.05 Å². The van der Waals surface area contributed by atoms with Crippen molar-refractivity contribution < 1.29 is 0 Å². The Balaban J connectivity index is 2.61. The van der Waals surface area contributed by atoms with Gasteiger partial charge < -0.3 is 9.55 Å². The molecule has 0 aliphatic carbocycles. The standard InChI is InChI=1S/C13H19N3O2S2/c1-7-8(2)15(3)11-10(7)14-13(18)16(12(11)17)5-4-9(20)6-19/h9,19-20H,4-6H2,1-3H3,(H,14,18). The molecule has 0 spiro atoms. The Morgan fingerprint density at radius 1 is 1.30 bits per heavy atom. The second kappa shape index (κ2) is 5.73. The van der Waals surface area contributed by atoms with Crippen LogP contribution in [0.2, 0.25) is 0 Å². The van der Waals surface area contributed by atoms with Crippen molar-refractivity contribution in [2.75, 3.05) is 5.75 Å². The molecule has 0 aliphatic heterocycles. The Morgan fingerprint density at radius 3 is 2.55 bits per heavy atom. The van der Waals surface area contributed by atoms with Crippen molar-refractivity contribution in [3.05, 3.63) is 32.1 Å². The molecule has 2 rings (SSSR count). The van der Waals surface area contributed by atoms with E-state index in [0.29, 0.717) is 29.8 Å². The minimum Gasteiger partial charge on any atom is -0.342 e. The number of aromatic nitrogens is 3. The van der Waals surface area contributed by atoms with E-state index in [1.807, 2.05) is 25.5 Å². The van der Waals surface area contributed by atoms with E-state index in [9.17, 15) is 9.59 Å². The third kappa shape index (κ3) is 2.44. The number of hydrogen-bond acceptors (Lipinski definition) is 4. The molecule has 2 aromatic rings. The summed E-state index contributed by atoms with van der Waals surface area (Å²) in [7, 11) is 1.84. The summed E-state index contributed by atoms with van der Waals surface area (Å²) in [5.41, 5.74) is 2.48. The summed E-state index contributed by atoms with van der Waals surface area (Å²) >= 11 is 8.49. The maximum Gasteiger partial charge on any atom is 0.328 e. The molecular weight excluding hydrogens is 294 g/mol. The van der Waals surface area contributed by atoms with Gasteiger partial charge in [0, 0.05) is 30.3 Å². The zero-order chi connectivity index (χ0) is 15.0. The van der Waals surface area contributed by atoms with E-state index in [0.717, 1.165) is 11.3 Å². The Bertz CT molecular complexity index is 758. The summed E-state index contributed by atoms with van der Waals surface area (Å²) in [6.45, 7) is 4.19. The summed E-state index contributed by atoms with van der Waals surface area (Å²) in [5, 5.41) is 0.0669. The van der Waals surface area contributed by atoms with Gasteiger partial charge in [0.25, 0.3) is 5.56 Å². The highest BCUT2D eigenvalue weighted by Gasteiger charge is 2.16. The van der Waals surface area contributed by atoms with Gasteiger partial charge in [-0.2, -0.15) is 25.3 Å². The maximum absolute atomic E-state index is 12.5. The quantitative estimate of drug-likeness (QED) is 0.744. The maximum atomic E-state index is 12.5. The van der Waals surface area contributed by atoms with Crippen molar-refractivity contribution in [3.8, 4) is 0 Å². The molecule has 0 radical (unpaired) electrons. The first-order valence-electron chi connectivity index (χ1n) is 6.46. The van der Waals surface area contributed by atoms with Crippen LogP contribution in [0.4, 0.5) is 0 Å². The SMILES string of the molecule is Cc1c(C)n(C)c2c(=O)n(CCC(S)CS)c(=O)[nH]c12. The van der Waals surface area contributed by atoms with E-state index in [2.05, 4.69) is 30.2 Å². The molecule has 1 atom stereocenters. The number of hydrogen-bond donors (Lipinski definition) is 3. The zero-order valence-corrected chi connectivity index (χ0v) is 13.6. The summed E-state index contributed by atoms with van der Waals surface area (Å²) in [4.78, 5) is 27.4. The first kappa shape index (κ1) is 15.3. The van der Waals surface area contributed by atoms with Gasteiger partial charge >= 0.3 is 5.69 Å². The Morgan fingerprint density at radius 2 is 1.95 bits per heavy atom. The van der Waals surface area contributed by atoms with E-state index in [1.54, 1.807) is 0 Å². The van der Waals surface area contributed by atoms with Gasteiger partial charge in [-0.15, -0.1) is 0 Å². The number of aryl methyl sites for hydroxylation is 2. The van der Waals surface area contributed by atoms with E-state index in [4.69, 9.17) is 0 Å². The molecule has 7 heteroatoms. The molecule has 0 fully saturated rings. The zero-order valence-electron chi connectivity index (χ0n) is 11.8. The Labute approximate surface area is 127 Å². The van der Waals surface area contributed by atoms with Crippen LogP contribution >= 0.6 is 25.3 Å². The predicted octanol–water partition coefficient (Wildman–Crippen LogP) is 1.26. The number of rotatable bonds is 4. The van der Waals surface area contributed by atoms with Crippen LogP contribution in [0.25, 0.3) is 11.0 Å². The fourth-order valence-corrected chi connectivity index (χ4v) is 2.61. The van der Waals surface area contributed by atoms with Crippen molar-refractivity contribution in [1.29, 1.82) is 0 Å². The lowest BCUT2D eigenvalue weighted by atomic mass is 10.2. The molecular formula is C13H19N3O2S2. The molecule has 2 aromatic heterocycles. The second-order valence-corrected chi connectivity index (χ2v) is 6.10. The Kier molecular flexibility index (Phi) is 4.39. The predicted molar refractivity (Wildman–Crippen MR) is 88.5 cm³/mol. The van der Waals surface area contributed by atoms with Crippen molar-refractivity contribution in [1.82, 2.24) is 14.1 Å². The van der Waals surface area contributed by atoms with Crippen molar-refractivity contribution in [3.63, 3.8) is 0 Å². The molecule has 2 heterocycles. The lowest BCUT2D eigenvalue weighted by Gasteiger charge is -2.09. The summed E-state index contributed by atoms with van der Waals surface area (Å²) in [6, 6.07) is 0. The fourth-order valence-electron chi connectivity index (χ4n) is 2.32. The Hall–Kier alpha value is -1.08. The molecule has 110 valence electrons. The number of nitrogens with one attached hydrogen (secondary N) is 1. The molecule has 0 aliphatic rings. The van der Waals surface area contributed by atoms with E-state index >= 15 is 0 Å². The lowest BCUT2D eigenvalue weighted by molar-refractivity contribution is 0.596. The fraction of sp³-hybridized carbons (Fsp3) is 0.538. The average molecular weight is 313 g/mol. The largest absolute Gasteiger partial charge is 0.342 e. The third-order valence-corrected chi connectivity index (χ3v) is 4.98. The van der Waals surface area contributed by atoms with Crippen LogP contribution in [-0.4, -0.2) is 25.1 Å². The van der Waals surface area contributed by atoms with Gasteiger partial charge in [0.1, 0.15) is 5.52 Å². The normalized spacial score (nSPS) is 13.1. The highest BCUT2D eigenvalue weighted by molar-refractivity contribution is 7.84. The van der Waals surface area contributed by atoms with Gasteiger partial charge in [-0.1, -0.05) is 0 Å². The van der Waals surface area contributed by atoms with Gasteiger partial charge in [-0.25, -0.2) is 4.79 Å². The first-order valence-corrected chi connectivity index (χ1v) is 7.61. The molecule has 20 heavy (non-hydrogen) atoms. The number of thiol groups is 2. The van der Waals surface area contributed by atoms with Crippen LogP contribution < -0.4 is 11.2 Å². The second-order valence-electron chi connectivity index (χ2n) is 5.01. The highest BCUT2D eigenvalue weighted by atomic mass is 32.1. The minimum absolute atomic E-state index is 0.0669. The van der Waals surface area contributed by atoms with E-state index in [-0.39, 0.29) is 16.5 Å². The van der Waals surface area contributed by atoms with Crippen LogP contribution in [0.5, 0.6) is 0 Å². The molecule has 1 unspecified atom stereocenters. The number of fused-ring (bicyclic) bond motifs is 1. The lowest BCUT2D eigenvalue weighted by Crippen LogP contribution is -2.36. The number of aromatic amines is 1. The molecule has 1 N–H and O–H groups in total. The van der Waals surface area contributed by atoms with Crippen LogP contribution in [0, 0.1) is 13.8 Å². The van der Waals surface area contributed by atoms with E-state index < -0.39 is 0 Å². The third-order valence-electron chi connectivity index (χ3n) is 3.81. The monoisotopic (exact) mass is 313 g/mol. The van der Waals surface area contributed by atoms with Gasteiger partial charge in [0.2, 0.25) is 0 Å². The summed E-state index contributed by atoms with van der Waals surface area (Å²) in [6.07, 6.45) is 0.628. The van der Waals surface area contributed by atoms with Gasteiger partial charge in [-0.05, 0) is 25.8 Å². The minimum atomic E-state index is -0.365. The first-order chi connectivity index (χ1) is 9.38. The summed E-state index contributed by atoms with van der Waals surface area (Å²) < 4.78 is 3.07. The molecule has 0 bridgehead atoms. The average Bonchev–Trinajstić information content (AvgIpc) is 2.63. The topological polar surface area (TPSA) is 59.8 Å². The highest BCUT2D eigenvalue weighted by Crippen LogP contribution is 2.18. The van der Waals surface area contributed by atoms with Gasteiger partial charge in [0.15, 0.2) is 0 Å². The van der Waals surface area contributed by atoms with Crippen LogP contribution in [-0.2, 0) is 13.6 Å². The van der Waals surface area contributed by atoms with E-state index in [1.165, 1.54) is 4.57 Å².